The molecule has 9 heteroatoms. The van der Waals surface area contributed by atoms with Crippen molar-refractivity contribution in [3.8, 4) is 0 Å². The van der Waals surface area contributed by atoms with Crippen molar-refractivity contribution in [3.63, 3.8) is 0 Å². The Hall–Kier alpha value is -4.40. The van der Waals surface area contributed by atoms with Gasteiger partial charge in [0, 0.05) is 49.8 Å². The molecule has 33 heavy (non-hydrogen) atoms. The van der Waals surface area contributed by atoms with Crippen molar-refractivity contribution >= 4 is 34.7 Å². The summed E-state index contributed by atoms with van der Waals surface area (Å²) in [6.45, 7) is 2.40. The van der Waals surface area contributed by atoms with Crippen LogP contribution < -0.4 is 16.4 Å². The lowest BCUT2D eigenvalue weighted by Crippen LogP contribution is -2.28. The second-order valence-electron chi connectivity index (χ2n) is 7.71. The lowest BCUT2D eigenvalue weighted by Gasteiger charge is -2.23. The van der Waals surface area contributed by atoms with Gasteiger partial charge in [0.2, 0.25) is 11.9 Å². The molecule has 0 saturated carbocycles. The quantitative estimate of drug-likeness (QED) is 0.355. The molecule has 0 aliphatic heterocycles. The first-order valence-electron chi connectivity index (χ1n) is 10.5. The molecule has 0 fully saturated rings. The minimum Gasteiger partial charge on any atom is -0.399 e. The molecule has 0 atom stereocenters. The van der Waals surface area contributed by atoms with E-state index in [1.54, 1.807) is 28.9 Å². The Kier molecular flexibility index (Phi) is 6.49. The average Bonchev–Trinajstić information content (AvgIpc) is 3.20. The maximum atomic E-state index is 12.4. The second kappa shape index (κ2) is 9.82. The predicted molar refractivity (Wildman–Crippen MR) is 129 cm³/mol. The number of nitrogens with one attached hydrogen (secondary N) is 2. The number of carbonyl (C=O) groups excluding carboxylic acids is 1. The van der Waals surface area contributed by atoms with E-state index in [1.807, 2.05) is 67.8 Å². The van der Waals surface area contributed by atoms with Crippen LogP contribution in [0.2, 0.25) is 0 Å². The van der Waals surface area contributed by atoms with E-state index in [-0.39, 0.29) is 5.91 Å². The Morgan fingerprint density at radius 1 is 1.03 bits per heavy atom. The van der Waals surface area contributed by atoms with Crippen molar-refractivity contribution in [1.29, 1.82) is 0 Å². The zero-order valence-corrected chi connectivity index (χ0v) is 18.6. The fourth-order valence-corrected chi connectivity index (χ4v) is 3.35. The molecule has 9 nitrogen and oxygen atoms in total. The third kappa shape index (κ3) is 5.85. The van der Waals surface area contributed by atoms with Gasteiger partial charge >= 0.3 is 0 Å². The maximum absolute atomic E-state index is 12.4. The highest BCUT2D eigenvalue weighted by atomic mass is 16.2. The standard InChI is InChI=1S/C24H26N8O/c1-17(33)32(14-18-7-4-3-5-8-18)15-19-12-26-24(29-22-13-27-31(2)16-22)30-23(19)28-21-10-6-9-20(25)11-21/h3-13,16H,14-15,25H2,1-2H3,(H2,26,28,29,30). The molecule has 0 aliphatic rings. The Morgan fingerprint density at radius 3 is 2.55 bits per heavy atom. The summed E-state index contributed by atoms with van der Waals surface area (Å²) in [5.41, 5.74) is 9.97. The molecule has 4 N–H and O–H groups in total. The molecular weight excluding hydrogens is 416 g/mol. The summed E-state index contributed by atoms with van der Waals surface area (Å²) < 4.78 is 1.69. The normalized spacial score (nSPS) is 10.6. The highest BCUT2D eigenvalue weighted by Gasteiger charge is 2.16. The maximum Gasteiger partial charge on any atom is 0.229 e. The van der Waals surface area contributed by atoms with Crippen LogP contribution in [0.4, 0.5) is 28.8 Å². The first-order chi connectivity index (χ1) is 16.0. The molecule has 4 rings (SSSR count). The topological polar surface area (TPSA) is 114 Å². The number of anilines is 5. The van der Waals surface area contributed by atoms with E-state index >= 15 is 0 Å². The van der Waals surface area contributed by atoms with Crippen molar-refractivity contribution in [2.45, 2.75) is 20.0 Å². The zero-order chi connectivity index (χ0) is 23.2. The molecule has 2 aromatic heterocycles. The molecule has 4 aromatic rings. The summed E-state index contributed by atoms with van der Waals surface area (Å²) in [5, 5.41) is 10.6. The van der Waals surface area contributed by atoms with E-state index in [1.165, 1.54) is 0 Å². The summed E-state index contributed by atoms with van der Waals surface area (Å²) in [7, 11) is 1.84. The van der Waals surface area contributed by atoms with Crippen molar-refractivity contribution in [2.24, 2.45) is 7.05 Å². The molecule has 2 heterocycles. The Labute approximate surface area is 192 Å². The first kappa shape index (κ1) is 21.8. The number of aromatic nitrogens is 4. The second-order valence-corrected chi connectivity index (χ2v) is 7.71. The summed E-state index contributed by atoms with van der Waals surface area (Å²) in [4.78, 5) is 23.3. The molecule has 0 aliphatic carbocycles. The minimum absolute atomic E-state index is 0.0358. The van der Waals surface area contributed by atoms with Gasteiger partial charge in [-0.05, 0) is 23.8 Å². The highest BCUT2D eigenvalue weighted by molar-refractivity contribution is 5.74. The summed E-state index contributed by atoms with van der Waals surface area (Å²) in [6.07, 6.45) is 5.25. The SMILES string of the molecule is CC(=O)N(Cc1ccccc1)Cc1cnc(Nc2cnn(C)c2)nc1Nc1cccc(N)c1. The predicted octanol–water partition coefficient (Wildman–Crippen LogP) is 3.83. The van der Waals surface area contributed by atoms with E-state index in [9.17, 15) is 4.79 Å². The van der Waals surface area contributed by atoms with Crippen LogP contribution in [0.15, 0.2) is 73.2 Å². The van der Waals surface area contributed by atoms with E-state index in [4.69, 9.17) is 5.73 Å². The largest absolute Gasteiger partial charge is 0.399 e. The summed E-state index contributed by atoms with van der Waals surface area (Å²) in [5.74, 6) is 0.961. The van der Waals surface area contributed by atoms with Gasteiger partial charge in [-0.15, -0.1) is 0 Å². The molecule has 0 unspecified atom stereocenters. The van der Waals surface area contributed by atoms with Gasteiger partial charge in [0.25, 0.3) is 0 Å². The number of aryl methyl sites for hydroxylation is 1. The van der Waals surface area contributed by atoms with Crippen LogP contribution >= 0.6 is 0 Å². The van der Waals surface area contributed by atoms with E-state index in [2.05, 4.69) is 25.7 Å². The van der Waals surface area contributed by atoms with Crippen LogP contribution in [0.5, 0.6) is 0 Å². The van der Waals surface area contributed by atoms with Gasteiger partial charge in [0.15, 0.2) is 0 Å². The van der Waals surface area contributed by atoms with Crippen molar-refractivity contribution in [1.82, 2.24) is 24.6 Å². The number of carbonyl (C=O) groups is 1. The van der Waals surface area contributed by atoms with Gasteiger partial charge in [-0.1, -0.05) is 36.4 Å². The van der Waals surface area contributed by atoms with Crippen LogP contribution in [0, 0.1) is 0 Å². The number of nitrogens with zero attached hydrogens (tertiary/aromatic N) is 5. The average molecular weight is 443 g/mol. The summed E-state index contributed by atoms with van der Waals surface area (Å²) >= 11 is 0. The number of hydrogen-bond acceptors (Lipinski definition) is 7. The van der Waals surface area contributed by atoms with Crippen LogP contribution in [0.3, 0.4) is 0 Å². The van der Waals surface area contributed by atoms with E-state index in [0.717, 1.165) is 22.5 Å². The minimum atomic E-state index is -0.0358. The Morgan fingerprint density at radius 2 is 1.85 bits per heavy atom. The van der Waals surface area contributed by atoms with Gasteiger partial charge in [-0.2, -0.15) is 10.1 Å². The molecule has 1 amide bonds. The van der Waals surface area contributed by atoms with Gasteiger partial charge in [-0.25, -0.2) is 4.98 Å². The first-order valence-corrected chi connectivity index (χ1v) is 10.5. The number of nitrogens with two attached hydrogens (primary N) is 1. The fourth-order valence-electron chi connectivity index (χ4n) is 3.35. The smallest absolute Gasteiger partial charge is 0.229 e. The monoisotopic (exact) mass is 442 g/mol. The van der Waals surface area contributed by atoms with Gasteiger partial charge in [0.05, 0.1) is 18.4 Å². The van der Waals surface area contributed by atoms with E-state index < -0.39 is 0 Å². The van der Waals surface area contributed by atoms with Crippen molar-refractivity contribution < 1.29 is 4.79 Å². The Balaban J connectivity index is 1.63. The molecule has 0 radical (unpaired) electrons. The molecule has 0 spiro atoms. The van der Waals surface area contributed by atoms with Gasteiger partial charge < -0.3 is 21.3 Å². The zero-order valence-electron chi connectivity index (χ0n) is 18.6. The molecule has 0 saturated heterocycles. The van der Waals surface area contributed by atoms with E-state index in [0.29, 0.717) is 30.5 Å². The van der Waals surface area contributed by atoms with Crippen molar-refractivity contribution in [3.05, 3.63) is 84.3 Å². The number of hydrogen-bond donors (Lipinski definition) is 3. The van der Waals surface area contributed by atoms with Crippen LogP contribution in [0.1, 0.15) is 18.1 Å². The van der Waals surface area contributed by atoms with Crippen molar-refractivity contribution in [2.75, 3.05) is 16.4 Å². The third-order valence-electron chi connectivity index (χ3n) is 5.00. The number of amides is 1. The Bertz CT molecular complexity index is 1240. The highest BCUT2D eigenvalue weighted by Crippen LogP contribution is 2.24. The third-order valence-corrected chi connectivity index (χ3v) is 5.00. The molecule has 168 valence electrons. The lowest BCUT2D eigenvalue weighted by molar-refractivity contribution is -0.130. The number of rotatable bonds is 8. The number of benzene rings is 2. The molecular formula is C24H26N8O. The fraction of sp³-hybridized carbons (Fsp3) is 0.167. The summed E-state index contributed by atoms with van der Waals surface area (Å²) in [6, 6.07) is 17.3. The lowest BCUT2D eigenvalue weighted by atomic mass is 10.2. The van der Waals surface area contributed by atoms with Gasteiger partial charge in [0.1, 0.15) is 5.82 Å². The van der Waals surface area contributed by atoms with Crippen LogP contribution in [-0.2, 0) is 24.9 Å². The van der Waals surface area contributed by atoms with Crippen LogP contribution in [-0.4, -0.2) is 30.6 Å². The number of nitrogen functional groups attached to an aromatic ring is 1. The molecule has 2 aromatic carbocycles. The van der Waals surface area contributed by atoms with Gasteiger partial charge in [-0.3, -0.25) is 9.48 Å². The van der Waals surface area contributed by atoms with Crippen LogP contribution in [0.25, 0.3) is 0 Å². The molecule has 0 bridgehead atoms.